The number of ether oxygens (including phenoxy) is 1. The van der Waals surface area contributed by atoms with Crippen molar-refractivity contribution in [2.75, 3.05) is 26.3 Å². The summed E-state index contributed by atoms with van der Waals surface area (Å²) in [5.74, 6) is -0.637. The van der Waals surface area contributed by atoms with Crippen molar-refractivity contribution >= 4 is 29.6 Å². The molecule has 5 rings (SSSR count). The third kappa shape index (κ3) is 9.39. The van der Waals surface area contributed by atoms with Crippen molar-refractivity contribution in [2.45, 2.75) is 70.0 Å². The molecule has 2 unspecified atom stereocenters. The molecule has 0 saturated carbocycles. The molecule has 0 spiro atoms. The van der Waals surface area contributed by atoms with Gasteiger partial charge >= 0.3 is 0 Å². The summed E-state index contributed by atoms with van der Waals surface area (Å²) in [6, 6.07) is 12.0. The summed E-state index contributed by atoms with van der Waals surface area (Å²) in [5.41, 5.74) is -3.56. The van der Waals surface area contributed by atoms with E-state index in [1.807, 2.05) is 30.3 Å². The fraction of sp³-hybridized carbons (Fsp3) is 0.469. The predicted molar refractivity (Wildman–Crippen MR) is 166 cm³/mol. The van der Waals surface area contributed by atoms with Gasteiger partial charge in [-0.1, -0.05) is 54.4 Å². The lowest BCUT2D eigenvalue weighted by Gasteiger charge is -2.44. The fourth-order valence-electron chi connectivity index (χ4n) is 5.19. The maximum Gasteiger partial charge on any atom is 0.212 e. The first-order chi connectivity index (χ1) is 21.0. The van der Waals surface area contributed by atoms with E-state index in [9.17, 15) is 15.0 Å². The molecule has 0 radical (unpaired) electrons. The molecule has 3 aromatic rings. The maximum absolute atomic E-state index is 15.7. The summed E-state index contributed by atoms with van der Waals surface area (Å²) in [6.07, 6.45) is 4.24. The monoisotopic (exact) mass is 652 g/mol. The van der Waals surface area contributed by atoms with Crippen LogP contribution in [0.3, 0.4) is 0 Å². The molecule has 0 aliphatic carbocycles. The van der Waals surface area contributed by atoms with Crippen LogP contribution in [0.5, 0.6) is 0 Å². The van der Waals surface area contributed by atoms with E-state index in [1.54, 1.807) is 6.92 Å². The predicted octanol–water partition coefficient (Wildman–Crippen LogP) is 6.05. The highest BCUT2D eigenvalue weighted by Gasteiger charge is 2.52. The second kappa shape index (κ2) is 17.1. The Morgan fingerprint density at radius 2 is 1.73 bits per heavy atom. The number of piperidine rings is 1. The third-order valence-corrected chi connectivity index (χ3v) is 8.18. The van der Waals surface area contributed by atoms with Crippen LogP contribution in [0.4, 0.5) is 8.78 Å². The molecule has 3 N–H and O–H groups in total. The molecule has 2 aliphatic rings. The van der Waals surface area contributed by atoms with E-state index in [0.717, 1.165) is 29.2 Å². The van der Waals surface area contributed by atoms with Gasteiger partial charge in [0.15, 0.2) is 6.23 Å². The van der Waals surface area contributed by atoms with Crippen molar-refractivity contribution in [3.05, 3.63) is 93.2 Å². The summed E-state index contributed by atoms with van der Waals surface area (Å²) < 4.78 is 35.9. The number of carbonyl (C=O) groups excluding carboxylic acids is 1. The first-order valence-corrected chi connectivity index (χ1v) is 15.4. The lowest BCUT2D eigenvalue weighted by atomic mass is 9.71. The summed E-state index contributed by atoms with van der Waals surface area (Å²) in [5, 5.41) is 26.2. The van der Waals surface area contributed by atoms with Gasteiger partial charge in [-0.3, -0.25) is 4.79 Å². The average Bonchev–Trinajstić information content (AvgIpc) is 3.61. The van der Waals surface area contributed by atoms with E-state index in [1.165, 1.54) is 38.2 Å². The van der Waals surface area contributed by atoms with E-state index in [-0.39, 0.29) is 48.3 Å². The number of aryl methyl sites for hydroxylation is 1. The van der Waals surface area contributed by atoms with Crippen molar-refractivity contribution < 1.29 is 28.5 Å². The molecule has 240 valence electrons. The minimum atomic E-state index is -1.91. The SMILES string of the molecule is C1CCOC1.CCC(O)(c1cc(C)c(C(O)N(C=O)Cc2ncc(Cl)cn2)c(F)c1)C1(F)CCNCC1.Clc1ccccc1. The Balaban J connectivity index is 0.000000362. The number of rotatable bonds is 8. The van der Waals surface area contributed by atoms with E-state index >= 15 is 8.78 Å². The van der Waals surface area contributed by atoms with Crippen molar-refractivity contribution in [1.82, 2.24) is 20.2 Å². The van der Waals surface area contributed by atoms with Gasteiger partial charge in [0.05, 0.1) is 11.6 Å². The minimum Gasteiger partial charge on any atom is -0.382 e. The molecule has 8 nitrogen and oxygen atoms in total. The molecular formula is C32H40Cl2F2N4O4. The van der Waals surface area contributed by atoms with E-state index in [4.69, 9.17) is 27.9 Å². The quantitative estimate of drug-likeness (QED) is 0.201. The fourth-order valence-corrected chi connectivity index (χ4v) is 5.44. The van der Waals surface area contributed by atoms with Gasteiger partial charge in [0.2, 0.25) is 6.41 Å². The van der Waals surface area contributed by atoms with Crippen molar-refractivity contribution in [3.8, 4) is 0 Å². The molecule has 2 saturated heterocycles. The molecule has 2 aromatic carbocycles. The summed E-state index contributed by atoms with van der Waals surface area (Å²) >= 11 is 11.3. The summed E-state index contributed by atoms with van der Waals surface area (Å²) in [6.45, 7) is 5.84. The van der Waals surface area contributed by atoms with Gasteiger partial charge in [-0.05, 0) is 81.4 Å². The maximum atomic E-state index is 15.7. The number of aromatic nitrogens is 2. The first kappa shape index (κ1) is 35.7. The van der Waals surface area contributed by atoms with Crippen LogP contribution in [0.25, 0.3) is 0 Å². The van der Waals surface area contributed by atoms with E-state index in [2.05, 4.69) is 15.3 Å². The second-order valence-corrected chi connectivity index (χ2v) is 11.6. The number of hydrogen-bond acceptors (Lipinski definition) is 7. The van der Waals surface area contributed by atoms with Gasteiger partial charge in [0, 0.05) is 36.2 Å². The van der Waals surface area contributed by atoms with Crippen LogP contribution >= 0.6 is 23.2 Å². The number of aliphatic hydroxyl groups excluding tert-OH is 1. The number of halogens is 4. The average molecular weight is 654 g/mol. The second-order valence-electron chi connectivity index (χ2n) is 10.7. The van der Waals surface area contributed by atoms with E-state index in [0.29, 0.717) is 24.5 Å². The molecule has 0 bridgehead atoms. The van der Waals surface area contributed by atoms with Gasteiger partial charge in [-0.2, -0.15) is 0 Å². The number of aliphatic hydroxyl groups is 2. The van der Waals surface area contributed by atoms with Crippen molar-refractivity contribution in [2.24, 2.45) is 0 Å². The minimum absolute atomic E-state index is 0.0542. The third-order valence-electron chi connectivity index (χ3n) is 7.73. The van der Waals surface area contributed by atoms with Gasteiger partial charge in [0.1, 0.15) is 22.9 Å². The standard InChI is InChI=1S/C22H27ClF2N4O3.C6H5Cl.C4H8O/c1-3-22(32,21(25)4-6-26-7-5-21)15-8-14(2)19(17(24)9-15)20(31)29(13-30)12-18-27-10-16(23)11-28-18;7-6-4-2-1-3-5-6;1-2-4-5-3-1/h8-11,13,20,26,31-32H,3-7,12H2,1-2H3;1-5H;1-4H2. The highest BCUT2D eigenvalue weighted by atomic mass is 35.5. The lowest BCUT2D eigenvalue weighted by molar-refractivity contribution is -0.129. The Hall–Kier alpha value is -2.73. The molecule has 44 heavy (non-hydrogen) atoms. The molecule has 1 aromatic heterocycles. The van der Waals surface area contributed by atoms with Crippen LogP contribution in [0, 0.1) is 12.7 Å². The van der Waals surface area contributed by atoms with Gasteiger partial charge in [-0.15, -0.1) is 0 Å². The number of nitrogens with zero attached hydrogens (tertiary/aromatic N) is 3. The van der Waals surface area contributed by atoms with Crippen LogP contribution in [-0.4, -0.2) is 63.5 Å². The summed E-state index contributed by atoms with van der Waals surface area (Å²) in [7, 11) is 0. The smallest absolute Gasteiger partial charge is 0.212 e. The number of hydrogen-bond donors (Lipinski definition) is 3. The Morgan fingerprint density at radius 1 is 1.11 bits per heavy atom. The summed E-state index contributed by atoms with van der Waals surface area (Å²) in [4.78, 5) is 20.5. The van der Waals surface area contributed by atoms with Crippen LogP contribution in [-0.2, 0) is 21.7 Å². The highest BCUT2D eigenvalue weighted by Crippen LogP contribution is 2.45. The van der Waals surface area contributed by atoms with Gasteiger partial charge < -0.3 is 25.2 Å². The van der Waals surface area contributed by atoms with Gasteiger partial charge in [0.25, 0.3) is 0 Å². The lowest BCUT2D eigenvalue weighted by Crippen LogP contribution is -2.53. The highest BCUT2D eigenvalue weighted by molar-refractivity contribution is 6.30. The van der Waals surface area contributed by atoms with Crippen LogP contribution in [0.15, 0.2) is 54.9 Å². The number of alkyl halides is 1. The number of nitrogens with one attached hydrogen (secondary N) is 1. The van der Waals surface area contributed by atoms with Crippen molar-refractivity contribution in [3.63, 3.8) is 0 Å². The Morgan fingerprint density at radius 3 is 2.18 bits per heavy atom. The molecule has 2 aliphatic heterocycles. The molecule has 3 heterocycles. The Kier molecular flexibility index (Phi) is 13.9. The Bertz CT molecular complexity index is 1280. The molecule has 2 fully saturated rings. The van der Waals surface area contributed by atoms with Crippen LogP contribution in [0.2, 0.25) is 10.0 Å². The van der Waals surface area contributed by atoms with Crippen molar-refractivity contribution in [1.29, 1.82) is 0 Å². The zero-order chi connectivity index (χ0) is 32.2. The zero-order valence-corrected chi connectivity index (χ0v) is 26.5. The molecular weight excluding hydrogens is 613 g/mol. The molecule has 2 atom stereocenters. The Labute approximate surface area is 267 Å². The number of carbonyl (C=O) groups is 1. The number of benzene rings is 2. The number of amides is 1. The topological polar surface area (TPSA) is 108 Å². The zero-order valence-electron chi connectivity index (χ0n) is 25.0. The first-order valence-electron chi connectivity index (χ1n) is 14.6. The normalized spacial score (nSPS) is 17.6. The molecule has 1 amide bonds. The van der Waals surface area contributed by atoms with Crippen LogP contribution < -0.4 is 5.32 Å². The van der Waals surface area contributed by atoms with E-state index < -0.39 is 23.3 Å². The molecule has 12 heteroatoms. The van der Waals surface area contributed by atoms with Crippen LogP contribution in [0.1, 0.15) is 67.8 Å². The largest absolute Gasteiger partial charge is 0.382 e. The van der Waals surface area contributed by atoms with Gasteiger partial charge in [-0.25, -0.2) is 18.7 Å².